The number of nitrogens with zero attached hydrogens (tertiary/aromatic N) is 2. The van der Waals surface area contributed by atoms with Crippen molar-refractivity contribution in [3.63, 3.8) is 0 Å². The molecule has 0 spiro atoms. The second-order valence-electron chi connectivity index (χ2n) is 4.85. The molecule has 1 atom stereocenters. The molecule has 0 saturated carbocycles. The number of carbonyl (C=O) groups excluding carboxylic acids is 1. The molecule has 6 nitrogen and oxygen atoms in total. The minimum atomic E-state index is -0.300. The lowest BCUT2D eigenvalue weighted by molar-refractivity contribution is -0.120. The van der Waals surface area contributed by atoms with Gasteiger partial charge in [-0.3, -0.25) is 9.36 Å². The van der Waals surface area contributed by atoms with Crippen molar-refractivity contribution in [2.45, 2.75) is 37.2 Å². The third kappa shape index (κ3) is 4.24. The number of aromatic nitrogens is 3. The summed E-state index contributed by atoms with van der Waals surface area (Å²) in [7, 11) is 0. The number of carbonyl (C=O) groups is 1. The van der Waals surface area contributed by atoms with Crippen LogP contribution in [-0.4, -0.2) is 32.5 Å². The highest BCUT2D eigenvalue weighted by molar-refractivity contribution is 8.00. The van der Waals surface area contributed by atoms with Crippen molar-refractivity contribution in [3.05, 3.63) is 46.4 Å². The van der Waals surface area contributed by atoms with Gasteiger partial charge in [-0.2, -0.15) is 0 Å². The van der Waals surface area contributed by atoms with E-state index >= 15 is 0 Å². The Morgan fingerprint density at radius 3 is 2.82 bits per heavy atom. The van der Waals surface area contributed by atoms with Crippen molar-refractivity contribution in [2.24, 2.45) is 0 Å². The van der Waals surface area contributed by atoms with Crippen molar-refractivity contribution in [1.29, 1.82) is 0 Å². The van der Waals surface area contributed by atoms with Crippen LogP contribution in [0.1, 0.15) is 19.4 Å². The molecule has 118 valence electrons. The summed E-state index contributed by atoms with van der Waals surface area (Å²) in [5.41, 5.74) is 0.907. The third-order valence-electron chi connectivity index (χ3n) is 3.19. The fourth-order valence-corrected chi connectivity index (χ4v) is 2.91. The number of aryl methyl sites for hydroxylation is 1. The molecule has 22 heavy (non-hydrogen) atoms. The maximum Gasteiger partial charge on any atom is 0.343 e. The molecule has 0 saturated heterocycles. The standard InChI is InChI=1S/C15H20N4O2S/c1-3-16-13(20)11(2)22-15-18-17-14(21)19(15)10-9-12-7-5-4-6-8-12/h4-8,11H,3,9-10H2,1-2H3,(H,16,20)(H,17,21)/t11-/m1/s1. The van der Waals surface area contributed by atoms with Crippen LogP contribution in [-0.2, 0) is 17.8 Å². The number of benzene rings is 1. The molecule has 0 unspecified atom stereocenters. The Balaban J connectivity index is 2.04. The first-order chi connectivity index (χ1) is 10.6. The number of nitrogens with one attached hydrogen (secondary N) is 2. The molecule has 0 bridgehead atoms. The van der Waals surface area contributed by atoms with Crippen LogP contribution in [0.3, 0.4) is 0 Å². The van der Waals surface area contributed by atoms with Crippen molar-refractivity contribution in [3.8, 4) is 0 Å². The number of rotatable bonds is 7. The summed E-state index contributed by atoms with van der Waals surface area (Å²) in [6.45, 7) is 4.80. The van der Waals surface area contributed by atoms with Crippen molar-refractivity contribution < 1.29 is 4.79 Å². The van der Waals surface area contributed by atoms with E-state index in [0.717, 1.165) is 12.0 Å². The van der Waals surface area contributed by atoms with E-state index < -0.39 is 0 Å². The van der Waals surface area contributed by atoms with E-state index in [0.29, 0.717) is 18.2 Å². The lowest BCUT2D eigenvalue weighted by Crippen LogP contribution is -2.31. The summed E-state index contributed by atoms with van der Waals surface area (Å²) in [5.74, 6) is -0.0578. The number of H-pyrrole nitrogens is 1. The molecule has 2 rings (SSSR count). The Morgan fingerprint density at radius 1 is 1.41 bits per heavy atom. The summed E-state index contributed by atoms with van der Waals surface area (Å²) in [6.07, 6.45) is 0.739. The molecule has 0 aliphatic carbocycles. The molecule has 1 aromatic carbocycles. The number of amides is 1. The van der Waals surface area contributed by atoms with E-state index in [1.807, 2.05) is 37.3 Å². The SMILES string of the molecule is CCNC(=O)[C@@H](C)Sc1n[nH]c(=O)n1CCc1ccccc1. The van der Waals surface area contributed by atoms with Gasteiger partial charge >= 0.3 is 5.69 Å². The van der Waals surface area contributed by atoms with E-state index in [1.54, 1.807) is 11.5 Å². The quantitative estimate of drug-likeness (QED) is 0.756. The molecule has 0 radical (unpaired) electrons. The van der Waals surface area contributed by atoms with Gasteiger partial charge in [0, 0.05) is 13.1 Å². The number of hydrogen-bond donors (Lipinski definition) is 2. The van der Waals surface area contributed by atoms with Crippen LogP contribution in [0, 0.1) is 0 Å². The normalized spacial score (nSPS) is 12.1. The van der Waals surface area contributed by atoms with Crippen molar-refractivity contribution in [1.82, 2.24) is 20.1 Å². The third-order valence-corrected chi connectivity index (χ3v) is 4.28. The smallest absolute Gasteiger partial charge is 0.343 e. The average molecular weight is 320 g/mol. The second kappa shape index (κ2) is 7.84. The van der Waals surface area contributed by atoms with E-state index in [4.69, 9.17) is 0 Å². The molecule has 1 amide bonds. The Morgan fingerprint density at radius 2 is 2.14 bits per heavy atom. The van der Waals surface area contributed by atoms with Gasteiger partial charge in [0.15, 0.2) is 5.16 Å². The van der Waals surface area contributed by atoms with Gasteiger partial charge in [0.05, 0.1) is 5.25 Å². The van der Waals surface area contributed by atoms with Crippen molar-refractivity contribution >= 4 is 17.7 Å². The van der Waals surface area contributed by atoms with E-state index in [1.165, 1.54) is 11.8 Å². The van der Waals surface area contributed by atoms with Crippen LogP contribution < -0.4 is 11.0 Å². The zero-order chi connectivity index (χ0) is 15.9. The van der Waals surface area contributed by atoms with Gasteiger partial charge in [0.25, 0.3) is 0 Å². The fraction of sp³-hybridized carbons (Fsp3) is 0.400. The first-order valence-corrected chi connectivity index (χ1v) is 8.13. The molecule has 7 heteroatoms. The molecule has 1 aromatic heterocycles. The minimum Gasteiger partial charge on any atom is -0.355 e. The number of aromatic amines is 1. The fourth-order valence-electron chi connectivity index (χ4n) is 2.01. The predicted molar refractivity (Wildman–Crippen MR) is 87.0 cm³/mol. The summed E-state index contributed by atoms with van der Waals surface area (Å²) in [5, 5.41) is 9.48. The lowest BCUT2D eigenvalue weighted by atomic mass is 10.1. The van der Waals surface area contributed by atoms with Crippen LogP contribution in [0.2, 0.25) is 0 Å². The predicted octanol–water partition coefficient (Wildman–Crippen LogP) is 1.43. The Bertz CT molecular complexity index is 666. The molecule has 2 aromatic rings. The summed E-state index contributed by atoms with van der Waals surface area (Å²) < 4.78 is 1.58. The Kier molecular flexibility index (Phi) is 5.83. The van der Waals surface area contributed by atoms with Gasteiger partial charge in [-0.25, -0.2) is 9.89 Å². The summed E-state index contributed by atoms with van der Waals surface area (Å²) in [6, 6.07) is 9.95. The van der Waals surface area contributed by atoms with E-state index in [-0.39, 0.29) is 16.8 Å². The highest BCUT2D eigenvalue weighted by atomic mass is 32.2. The molecule has 2 N–H and O–H groups in total. The Hall–Kier alpha value is -2.02. The summed E-state index contributed by atoms with van der Waals surface area (Å²) >= 11 is 1.28. The lowest BCUT2D eigenvalue weighted by Gasteiger charge is -2.11. The maximum absolute atomic E-state index is 11.9. The maximum atomic E-state index is 11.9. The summed E-state index contributed by atoms with van der Waals surface area (Å²) in [4.78, 5) is 23.7. The van der Waals surface area contributed by atoms with Gasteiger partial charge in [-0.05, 0) is 25.8 Å². The van der Waals surface area contributed by atoms with Crippen LogP contribution in [0.25, 0.3) is 0 Å². The van der Waals surface area contributed by atoms with E-state index in [9.17, 15) is 9.59 Å². The average Bonchev–Trinajstić information content (AvgIpc) is 2.86. The molecular weight excluding hydrogens is 300 g/mol. The van der Waals surface area contributed by atoms with Gasteiger partial charge in [0.2, 0.25) is 5.91 Å². The second-order valence-corrected chi connectivity index (χ2v) is 6.16. The largest absolute Gasteiger partial charge is 0.355 e. The molecule has 0 aliphatic rings. The molecule has 1 heterocycles. The first-order valence-electron chi connectivity index (χ1n) is 7.25. The van der Waals surface area contributed by atoms with Crippen molar-refractivity contribution in [2.75, 3.05) is 6.54 Å². The minimum absolute atomic E-state index is 0.0578. The van der Waals surface area contributed by atoms with Gasteiger partial charge in [0.1, 0.15) is 0 Å². The molecule has 0 fully saturated rings. The van der Waals surface area contributed by atoms with Gasteiger partial charge in [-0.15, -0.1) is 5.10 Å². The Labute approximate surface area is 133 Å². The van der Waals surface area contributed by atoms with Crippen LogP contribution >= 0.6 is 11.8 Å². The zero-order valence-corrected chi connectivity index (χ0v) is 13.5. The van der Waals surface area contributed by atoms with Gasteiger partial charge < -0.3 is 5.32 Å². The number of thioether (sulfide) groups is 1. The highest BCUT2D eigenvalue weighted by Gasteiger charge is 2.18. The van der Waals surface area contributed by atoms with Crippen LogP contribution in [0.5, 0.6) is 0 Å². The van der Waals surface area contributed by atoms with Crippen LogP contribution in [0.4, 0.5) is 0 Å². The zero-order valence-electron chi connectivity index (χ0n) is 12.7. The topological polar surface area (TPSA) is 79.8 Å². The van der Waals surface area contributed by atoms with Crippen LogP contribution in [0.15, 0.2) is 40.3 Å². The first kappa shape index (κ1) is 16.4. The van der Waals surface area contributed by atoms with E-state index in [2.05, 4.69) is 15.5 Å². The number of hydrogen-bond acceptors (Lipinski definition) is 4. The molecular formula is C15H20N4O2S. The monoisotopic (exact) mass is 320 g/mol. The highest BCUT2D eigenvalue weighted by Crippen LogP contribution is 2.20. The molecule has 0 aliphatic heterocycles. The van der Waals surface area contributed by atoms with Gasteiger partial charge in [-0.1, -0.05) is 42.1 Å².